The van der Waals surface area contributed by atoms with Gasteiger partial charge in [0, 0.05) is 30.7 Å². The number of nitrogens with zero attached hydrogens (tertiary/aromatic N) is 2. The zero-order valence-electron chi connectivity index (χ0n) is 17.8. The molecule has 7 heteroatoms. The number of para-hydroxylation sites is 1. The van der Waals surface area contributed by atoms with Gasteiger partial charge in [-0.1, -0.05) is 45.4 Å². The van der Waals surface area contributed by atoms with Crippen LogP contribution in [0.4, 0.5) is 5.69 Å². The van der Waals surface area contributed by atoms with E-state index < -0.39 is 18.0 Å². The fraction of sp³-hybridized carbons (Fsp3) is 0.545. The number of rotatable bonds is 9. The molecule has 2 unspecified atom stereocenters. The number of hydrogen-bond acceptors (Lipinski definition) is 4. The van der Waals surface area contributed by atoms with E-state index in [1.54, 1.807) is 7.05 Å². The molecule has 1 aromatic carbocycles. The van der Waals surface area contributed by atoms with Crippen LogP contribution in [0.1, 0.15) is 58.4 Å². The summed E-state index contributed by atoms with van der Waals surface area (Å²) >= 11 is 0. The Kier molecular flexibility index (Phi) is 7.93. The van der Waals surface area contributed by atoms with E-state index in [-0.39, 0.29) is 24.2 Å². The highest BCUT2D eigenvalue weighted by Gasteiger charge is 2.32. The van der Waals surface area contributed by atoms with Gasteiger partial charge in [0.25, 0.3) is 5.91 Å². The molecule has 0 saturated carbocycles. The van der Waals surface area contributed by atoms with Crippen LogP contribution >= 0.6 is 0 Å². The van der Waals surface area contributed by atoms with E-state index in [0.717, 1.165) is 36.2 Å². The summed E-state index contributed by atoms with van der Waals surface area (Å²) in [5, 5.41) is 2.77. The molecule has 29 heavy (non-hydrogen) atoms. The lowest BCUT2D eigenvalue weighted by Gasteiger charge is -2.23. The van der Waals surface area contributed by atoms with Crippen molar-refractivity contribution < 1.29 is 14.4 Å². The molecule has 1 aliphatic rings. The summed E-state index contributed by atoms with van der Waals surface area (Å²) in [7, 11) is 1.69. The van der Waals surface area contributed by atoms with Crippen LogP contribution in [-0.2, 0) is 14.4 Å². The van der Waals surface area contributed by atoms with Crippen molar-refractivity contribution >= 4 is 29.1 Å². The number of aliphatic imine (C=N–C) groups is 1. The van der Waals surface area contributed by atoms with Crippen molar-refractivity contribution in [1.29, 1.82) is 0 Å². The van der Waals surface area contributed by atoms with Gasteiger partial charge in [0.2, 0.25) is 18.0 Å². The molecule has 0 saturated heterocycles. The number of primary amides is 1. The minimum absolute atomic E-state index is 0.0482. The van der Waals surface area contributed by atoms with Gasteiger partial charge in [0.05, 0.1) is 5.69 Å². The zero-order chi connectivity index (χ0) is 21.6. The predicted octanol–water partition coefficient (Wildman–Crippen LogP) is 2.62. The molecule has 158 valence electrons. The maximum Gasteiger partial charge on any atom is 0.272 e. The van der Waals surface area contributed by atoms with Crippen LogP contribution in [0.5, 0.6) is 0 Å². The fourth-order valence-electron chi connectivity index (χ4n) is 3.58. The van der Waals surface area contributed by atoms with Crippen LogP contribution in [0.2, 0.25) is 0 Å². The van der Waals surface area contributed by atoms with Gasteiger partial charge in [-0.3, -0.25) is 19.4 Å². The van der Waals surface area contributed by atoms with Crippen molar-refractivity contribution in [3.63, 3.8) is 0 Å². The first-order valence-corrected chi connectivity index (χ1v) is 10.3. The van der Waals surface area contributed by atoms with Gasteiger partial charge in [-0.25, -0.2) is 0 Å². The molecule has 1 heterocycles. The molecular weight excluding hydrogens is 368 g/mol. The number of carbonyl (C=O) groups excluding carboxylic acids is 3. The number of benzene rings is 1. The Morgan fingerprint density at radius 1 is 1.28 bits per heavy atom. The van der Waals surface area contributed by atoms with Gasteiger partial charge in [0.1, 0.15) is 0 Å². The molecule has 0 spiro atoms. The first-order chi connectivity index (χ1) is 13.7. The second-order valence-electron chi connectivity index (χ2n) is 8.00. The quantitative estimate of drug-likeness (QED) is 0.665. The van der Waals surface area contributed by atoms with Crippen molar-refractivity contribution in [3.8, 4) is 0 Å². The maximum absolute atomic E-state index is 13.0. The second-order valence-corrected chi connectivity index (χ2v) is 8.00. The highest BCUT2D eigenvalue weighted by Crippen LogP contribution is 2.26. The van der Waals surface area contributed by atoms with Crippen molar-refractivity contribution in [1.82, 2.24) is 5.32 Å². The Balaban J connectivity index is 2.34. The minimum atomic E-state index is -1.02. The van der Waals surface area contributed by atoms with E-state index >= 15 is 0 Å². The normalized spacial score (nSPS) is 17.4. The van der Waals surface area contributed by atoms with E-state index in [1.165, 1.54) is 4.90 Å². The molecule has 0 aliphatic carbocycles. The lowest BCUT2D eigenvalue weighted by atomic mass is 9.93. The van der Waals surface area contributed by atoms with E-state index in [9.17, 15) is 14.4 Å². The number of nitrogens with two attached hydrogens (primary N) is 1. The van der Waals surface area contributed by atoms with E-state index in [4.69, 9.17) is 5.73 Å². The number of anilines is 1. The van der Waals surface area contributed by atoms with Crippen LogP contribution in [0.15, 0.2) is 29.3 Å². The predicted molar refractivity (Wildman–Crippen MR) is 115 cm³/mol. The molecule has 0 fully saturated rings. The van der Waals surface area contributed by atoms with Gasteiger partial charge in [0.15, 0.2) is 0 Å². The molecule has 1 aliphatic heterocycles. The lowest BCUT2D eigenvalue weighted by Crippen LogP contribution is -2.48. The smallest absolute Gasteiger partial charge is 0.272 e. The van der Waals surface area contributed by atoms with Gasteiger partial charge in [-0.05, 0) is 31.2 Å². The monoisotopic (exact) mass is 400 g/mol. The van der Waals surface area contributed by atoms with E-state index in [0.29, 0.717) is 6.42 Å². The lowest BCUT2D eigenvalue weighted by molar-refractivity contribution is -0.132. The number of benzodiazepines with no additional fused rings is 1. The Morgan fingerprint density at radius 3 is 2.59 bits per heavy atom. The number of likely N-dealkylation sites (N-methyl/N-ethyl adjacent to an activating group) is 1. The number of amides is 3. The SMILES string of the molecule is CCCCC1=NC(NC(=O)C(CC(N)=O)CC(C)C)C(=O)N(C)c2ccccc21. The third kappa shape index (κ3) is 5.89. The molecule has 1 aromatic rings. The number of hydrogen-bond donors (Lipinski definition) is 2. The number of fused-ring (bicyclic) bond motifs is 1. The van der Waals surface area contributed by atoms with Crippen molar-refractivity contribution in [2.45, 2.75) is 59.0 Å². The van der Waals surface area contributed by atoms with Crippen LogP contribution in [0.25, 0.3) is 0 Å². The first kappa shape index (κ1) is 22.6. The average Bonchev–Trinajstić information content (AvgIpc) is 2.76. The number of unbranched alkanes of at least 4 members (excludes halogenated alkanes) is 1. The van der Waals surface area contributed by atoms with Crippen molar-refractivity contribution in [3.05, 3.63) is 29.8 Å². The second kappa shape index (κ2) is 10.2. The molecular formula is C22H32N4O3. The average molecular weight is 401 g/mol. The highest BCUT2D eigenvalue weighted by atomic mass is 16.2. The Hall–Kier alpha value is -2.70. The standard InChI is InChI=1S/C22H32N4O3/c1-5-6-10-17-16-9-7-8-11-18(16)26(4)22(29)20(24-17)25-21(28)15(12-14(2)3)13-19(23)27/h7-9,11,14-15,20H,5-6,10,12-13H2,1-4H3,(H2,23,27)(H,25,28). The van der Waals surface area contributed by atoms with Gasteiger partial charge in [-0.2, -0.15) is 0 Å². The Morgan fingerprint density at radius 2 is 1.97 bits per heavy atom. The highest BCUT2D eigenvalue weighted by molar-refractivity contribution is 6.13. The summed E-state index contributed by atoms with van der Waals surface area (Å²) in [6.45, 7) is 6.05. The summed E-state index contributed by atoms with van der Waals surface area (Å²) in [5.74, 6) is -1.57. The Bertz CT molecular complexity index is 788. The summed E-state index contributed by atoms with van der Waals surface area (Å²) in [6, 6.07) is 7.63. The largest absolute Gasteiger partial charge is 0.370 e. The van der Waals surface area contributed by atoms with Gasteiger partial charge < -0.3 is 16.0 Å². The molecule has 0 aromatic heterocycles. The van der Waals surface area contributed by atoms with Crippen molar-refractivity contribution in [2.24, 2.45) is 22.6 Å². The molecule has 2 atom stereocenters. The molecule has 3 amide bonds. The van der Waals surface area contributed by atoms with Crippen LogP contribution in [0.3, 0.4) is 0 Å². The van der Waals surface area contributed by atoms with Gasteiger partial charge >= 0.3 is 0 Å². The minimum Gasteiger partial charge on any atom is -0.370 e. The van der Waals surface area contributed by atoms with Crippen molar-refractivity contribution in [2.75, 3.05) is 11.9 Å². The fourth-order valence-corrected chi connectivity index (χ4v) is 3.58. The summed E-state index contributed by atoms with van der Waals surface area (Å²) in [6.07, 6.45) is 2.10. The molecule has 2 rings (SSSR count). The third-order valence-electron chi connectivity index (χ3n) is 5.05. The third-order valence-corrected chi connectivity index (χ3v) is 5.05. The van der Waals surface area contributed by atoms with E-state index in [2.05, 4.69) is 17.2 Å². The van der Waals surface area contributed by atoms with Crippen LogP contribution in [0, 0.1) is 11.8 Å². The van der Waals surface area contributed by atoms with Crippen LogP contribution in [-0.4, -0.2) is 36.6 Å². The Labute approximate surface area is 172 Å². The maximum atomic E-state index is 13.0. The van der Waals surface area contributed by atoms with Crippen LogP contribution < -0.4 is 16.0 Å². The molecule has 0 radical (unpaired) electrons. The van der Waals surface area contributed by atoms with Gasteiger partial charge in [-0.15, -0.1) is 0 Å². The first-order valence-electron chi connectivity index (χ1n) is 10.3. The molecule has 7 nitrogen and oxygen atoms in total. The van der Waals surface area contributed by atoms with E-state index in [1.807, 2.05) is 38.1 Å². The number of nitrogens with one attached hydrogen (secondary N) is 1. The topological polar surface area (TPSA) is 105 Å². The summed E-state index contributed by atoms with van der Waals surface area (Å²) in [4.78, 5) is 43.5. The number of carbonyl (C=O) groups is 3. The molecule has 3 N–H and O–H groups in total. The zero-order valence-corrected chi connectivity index (χ0v) is 17.8. The summed E-state index contributed by atoms with van der Waals surface area (Å²) in [5.41, 5.74) is 7.82. The molecule has 0 bridgehead atoms. The summed E-state index contributed by atoms with van der Waals surface area (Å²) < 4.78 is 0.